The summed E-state index contributed by atoms with van der Waals surface area (Å²) in [5.74, 6) is 0.866. The van der Waals surface area contributed by atoms with Gasteiger partial charge in [-0.3, -0.25) is 0 Å². The minimum absolute atomic E-state index is 0.383. The summed E-state index contributed by atoms with van der Waals surface area (Å²) in [7, 11) is 0.430. The zero-order valence-corrected chi connectivity index (χ0v) is 19.3. The van der Waals surface area contributed by atoms with Gasteiger partial charge in [0.15, 0.2) is 0 Å². The molecule has 154 valence electrons. The molecule has 1 atom stereocenters. The molecule has 4 nitrogen and oxygen atoms in total. The highest BCUT2D eigenvalue weighted by Gasteiger charge is 2.33. The van der Waals surface area contributed by atoms with E-state index in [1.165, 1.54) is 4.48 Å². The molecule has 1 aliphatic carbocycles. The predicted molar refractivity (Wildman–Crippen MR) is 124 cm³/mol. The largest absolute Gasteiger partial charge is 0.377 e. The van der Waals surface area contributed by atoms with E-state index in [0.29, 0.717) is 29.8 Å². The number of fused-ring (bicyclic) bond motifs is 1. The minimum Gasteiger partial charge on any atom is -0.377 e. The number of hydrogen-bond donors (Lipinski definition) is 0. The molecule has 0 spiro atoms. The zero-order valence-electron chi connectivity index (χ0n) is 16.9. The van der Waals surface area contributed by atoms with Gasteiger partial charge >= 0.3 is 0 Å². The Morgan fingerprint density at radius 3 is 2.41 bits per heavy atom. The lowest BCUT2D eigenvalue weighted by Crippen LogP contribution is -2.40. The molecule has 1 heterocycles. The van der Waals surface area contributed by atoms with Crippen LogP contribution in [-0.4, -0.2) is 39.9 Å². The third-order valence-corrected chi connectivity index (χ3v) is 8.89. The average Bonchev–Trinajstić information content (AvgIpc) is 2.73. The molecule has 0 radical (unpaired) electrons. The van der Waals surface area contributed by atoms with E-state index < -0.39 is 10.0 Å². The van der Waals surface area contributed by atoms with Crippen LogP contribution in [0.5, 0.6) is 0 Å². The summed E-state index contributed by atoms with van der Waals surface area (Å²) in [6.45, 7) is 1.14. The van der Waals surface area contributed by atoms with Gasteiger partial charge in [-0.2, -0.15) is 4.31 Å². The molecular weight excluding hydrogens is 448 g/mol. The van der Waals surface area contributed by atoms with Crippen molar-refractivity contribution in [3.05, 3.63) is 59.1 Å². The standard InChI is InChI=1S/C23H27BrN2O2S/c1-25(2)22-11-5-9-20-19(22)8-6-12-23(20)29(27,28)26-15-13-17(14-16-26)18-7-3-4-10-21(18)24/h3,5-12,17-18H,4,13-16H2,1-2H3. The first kappa shape index (κ1) is 20.6. The molecule has 1 aliphatic heterocycles. The molecule has 0 N–H and O–H groups in total. The Kier molecular flexibility index (Phi) is 5.87. The fourth-order valence-corrected chi connectivity index (χ4v) is 6.90. The monoisotopic (exact) mass is 474 g/mol. The van der Waals surface area contributed by atoms with E-state index in [1.54, 1.807) is 10.4 Å². The third kappa shape index (κ3) is 3.90. The molecule has 0 bridgehead atoms. The SMILES string of the molecule is CN(C)c1cccc2c(S(=O)(=O)N3CCC(C4C=CCC=C4Br)CC3)cccc12. The lowest BCUT2D eigenvalue weighted by atomic mass is 9.83. The van der Waals surface area contributed by atoms with Crippen molar-refractivity contribution in [2.45, 2.75) is 24.2 Å². The van der Waals surface area contributed by atoms with Gasteiger partial charge in [-0.1, -0.05) is 58.4 Å². The Hall–Kier alpha value is -1.63. The Morgan fingerprint density at radius 2 is 1.72 bits per heavy atom. The Bertz CT molecular complexity index is 1070. The van der Waals surface area contributed by atoms with Crippen LogP contribution in [0.1, 0.15) is 19.3 Å². The fraction of sp³-hybridized carbons (Fsp3) is 0.391. The molecule has 2 aromatic rings. The van der Waals surface area contributed by atoms with Crippen LogP contribution in [0, 0.1) is 11.8 Å². The zero-order chi connectivity index (χ0) is 20.6. The number of sulfonamides is 1. The van der Waals surface area contributed by atoms with E-state index in [9.17, 15) is 8.42 Å². The second-order valence-electron chi connectivity index (χ2n) is 8.04. The summed E-state index contributed by atoms with van der Waals surface area (Å²) in [5, 5.41) is 1.76. The van der Waals surface area contributed by atoms with Gasteiger partial charge in [0.2, 0.25) is 10.0 Å². The average molecular weight is 475 g/mol. The number of rotatable bonds is 4. The van der Waals surface area contributed by atoms with Crippen LogP contribution >= 0.6 is 15.9 Å². The maximum absolute atomic E-state index is 13.5. The van der Waals surface area contributed by atoms with Gasteiger partial charge < -0.3 is 4.90 Å². The van der Waals surface area contributed by atoms with Crippen molar-refractivity contribution in [2.75, 3.05) is 32.1 Å². The lowest BCUT2D eigenvalue weighted by molar-refractivity contribution is 0.249. The van der Waals surface area contributed by atoms with Gasteiger partial charge in [0, 0.05) is 49.6 Å². The van der Waals surface area contributed by atoms with Gasteiger partial charge in [0.25, 0.3) is 0 Å². The van der Waals surface area contributed by atoms with E-state index >= 15 is 0 Å². The van der Waals surface area contributed by atoms with Crippen molar-refractivity contribution < 1.29 is 8.42 Å². The van der Waals surface area contributed by atoms with E-state index in [0.717, 1.165) is 35.7 Å². The maximum Gasteiger partial charge on any atom is 0.243 e. The van der Waals surface area contributed by atoms with Crippen molar-refractivity contribution in [1.82, 2.24) is 4.31 Å². The van der Waals surface area contributed by atoms with E-state index in [2.05, 4.69) is 34.2 Å². The van der Waals surface area contributed by atoms with Gasteiger partial charge in [-0.05, 0) is 41.8 Å². The number of anilines is 1. The van der Waals surface area contributed by atoms with Crippen LogP contribution in [-0.2, 0) is 10.0 Å². The molecule has 2 aliphatic rings. The molecule has 1 fully saturated rings. The number of piperidine rings is 1. The van der Waals surface area contributed by atoms with Crippen molar-refractivity contribution in [3.63, 3.8) is 0 Å². The highest BCUT2D eigenvalue weighted by molar-refractivity contribution is 9.11. The molecule has 29 heavy (non-hydrogen) atoms. The van der Waals surface area contributed by atoms with Gasteiger partial charge in [0.1, 0.15) is 0 Å². The molecular formula is C23H27BrN2O2S. The van der Waals surface area contributed by atoms with E-state index in [4.69, 9.17) is 0 Å². The summed E-state index contributed by atoms with van der Waals surface area (Å²) in [4.78, 5) is 2.43. The molecule has 6 heteroatoms. The Labute approximate surface area is 182 Å². The molecule has 0 saturated carbocycles. The summed E-state index contributed by atoms with van der Waals surface area (Å²) < 4.78 is 29.9. The van der Waals surface area contributed by atoms with Gasteiger partial charge in [-0.15, -0.1) is 0 Å². The first-order valence-electron chi connectivity index (χ1n) is 10.1. The Morgan fingerprint density at radius 1 is 1.03 bits per heavy atom. The summed E-state index contributed by atoms with van der Waals surface area (Å²) in [6, 6.07) is 11.5. The minimum atomic E-state index is -3.53. The van der Waals surface area contributed by atoms with Gasteiger partial charge in [0.05, 0.1) is 4.90 Å². The topological polar surface area (TPSA) is 40.6 Å². The van der Waals surface area contributed by atoms with Crippen LogP contribution in [0.3, 0.4) is 0 Å². The number of benzene rings is 2. The summed E-state index contributed by atoms with van der Waals surface area (Å²) in [6.07, 6.45) is 9.42. The van der Waals surface area contributed by atoms with Crippen molar-refractivity contribution in [1.29, 1.82) is 0 Å². The maximum atomic E-state index is 13.5. The second kappa shape index (κ2) is 8.25. The first-order valence-corrected chi connectivity index (χ1v) is 12.3. The first-order chi connectivity index (χ1) is 13.9. The van der Waals surface area contributed by atoms with E-state index in [1.807, 2.05) is 49.3 Å². The highest BCUT2D eigenvalue weighted by Crippen LogP contribution is 2.38. The predicted octanol–water partition coefficient (Wildman–Crippen LogP) is 5.16. The van der Waals surface area contributed by atoms with Crippen LogP contribution < -0.4 is 4.90 Å². The van der Waals surface area contributed by atoms with Crippen molar-refractivity contribution >= 4 is 42.4 Å². The molecule has 1 saturated heterocycles. The van der Waals surface area contributed by atoms with Crippen molar-refractivity contribution in [3.8, 4) is 0 Å². The summed E-state index contributed by atoms with van der Waals surface area (Å²) in [5.41, 5.74) is 1.03. The molecule has 0 amide bonds. The fourth-order valence-electron chi connectivity index (χ4n) is 4.51. The van der Waals surface area contributed by atoms with E-state index in [-0.39, 0.29) is 0 Å². The molecule has 4 rings (SSSR count). The van der Waals surface area contributed by atoms with Crippen LogP contribution in [0.2, 0.25) is 0 Å². The number of nitrogens with zero attached hydrogens (tertiary/aromatic N) is 2. The normalized spacial score (nSPS) is 21.3. The highest BCUT2D eigenvalue weighted by atomic mass is 79.9. The van der Waals surface area contributed by atoms with Crippen LogP contribution in [0.4, 0.5) is 5.69 Å². The molecule has 2 aromatic carbocycles. The number of hydrogen-bond acceptors (Lipinski definition) is 3. The Balaban J connectivity index is 1.60. The van der Waals surface area contributed by atoms with Crippen LogP contribution in [0.25, 0.3) is 10.8 Å². The lowest BCUT2D eigenvalue weighted by Gasteiger charge is -2.35. The summed E-state index contributed by atoms with van der Waals surface area (Å²) >= 11 is 3.70. The third-order valence-electron chi connectivity index (χ3n) is 6.08. The molecule has 0 aromatic heterocycles. The quantitative estimate of drug-likeness (QED) is 0.574. The second-order valence-corrected chi connectivity index (χ2v) is 10.9. The number of halogens is 1. The smallest absolute Gasteiger partial charge is 0.243 e. The van der Waals surface area contributed by atoms with Gasteiger partial charge in [-0.25, -0.2) is 8.42 Å². The number of allylic oxidation sites excluding steroid dienone is 4. The molecule has 1 unspecified atom stereocenters. The van der Waals surface area contributed by atoms with Crippen molar-refractivity contribution in [2.24, 2.45) is 11.8 Å². The van der Waals surface area contributed by atoms with Crippen LogP contribution in [0.15, 0.2) is 64.0 Å².